The number of fused-ring (bicyclic) bond motifs is 1. The van der Waals surface area contributed by atoms with Crippen LogP contribution in [0.3, 0.4) is 0 Å². The molecule has 4 aromatic rings. The zero-order chi connectivity index (χ0) is 18.1. The third kappa shape index (κ3) is 3.53. The topological polar surface area (TPSA) is 34.9 Å². The SMILES string of the molecule is O=c1c2ccccc2nc(SCc2ccc(Cl)s2)n1-c1ccc(Cl)cc1. The van der Waals surface area contributed by atoms with Crippen LogP contribution in [0.5, 0.6) is 0 Å². The Hall–Kier alpha value is -1.79. The van der Waals surface area contributed by atoms with E-state index >= 15 is 0 Å². The number of rotatable bonds is 4. The lowest BCUT2D eigenvalue weighted by Crippen LogP contribution is -2.21. The maximum atomic E-state index is 13.1. The normalized spacial score (nSPS) is 11.2. The first-order valence-electron chi connectivity index (χ1n) is 7.76. The van der Waals surface area contributed by atoms with Crippen molar-refractivity contribution in [3.8, 4) is 5.69 Å². The molecule has 0 atom stereocenters. The average molecular weight is 419 g/mol. The first-order chi connectivity index (χ1) is 12.6. The van der Waals surface area contributed by atoms with Crippen molar-refractivity contribution in [3.63, 3.8) is 0 Å². The summed E-state index contributed by atoms with van der Waals surface area (Å²) < 4.78 is 2.39. The Bertz CT molecular complexity index is 1140. The van der Waals surface area contributed by atoms with Crippen molar-refractivity contribution in [2.75, 3.05) is 0 Å². The first-order valence-corrected chi connectivity index (χ1v) is 10.3. The van der Waals surface area contributed by atoms with Gasteiger partial charge in [0.05, 0.1) is 20.9 Å². The molecule has 2 aromatic carbocycles. The van der Waals surface area contributed by atoms with Crippen molar-refractivity contribution in [1.29, 1.82) is 0 Å². The van der Waals surface area contributed by atoms with Crippen LogP contribution in [0.2, 0.25) is 9.36 Å². The van der Waals surface area contributed by atoms with Gasteiger partial charge in [-0.25, -0.2) is 4.98 Å². The lowest BCUT2D eigenvalue weighted by Gasteiger charge is -2.13. The minimum atomic E-state index is -0.0929. The van der Waals surface area contributed by atoms with Gasteiger partial charge in [-0.2, -0.15) is 0 Å². The Balaban J connectivity index is 1.84. The molecular formula is C19H12Cl2N2OS2. The molecule has 0 radical (unpaired) electrons. The van der Waals surface area contributed by atoms with Gasteiger partial charge in [-0.1, -0.05) is 47.1 Å². The maximum absolute atomic E-state index is 13.1. The molecule has 2 heterocycles. The number of halogens is 2. The Labute approximate surface area is 168 Å². The van der Waals surface area contributed by atoms with E-state index < -0.39 is 0 Å². The van der Waals surface area contributed by atoms with Crippen LogP contribution in [-0.2, 0) is 5.75 Å². The van der Waals surface area contributed by atoms with Gasteiger partial charge in [0.15, 0.2) is 5.16 Å². The molecule has 0 unspecified atom stereocenters. The Morgan fingerprint density at radius 1 is 1.00 bits per heavy atom. The highest BCUT2D eigenvalue weighted by Crippen LogP contribution is 2.29. The summed E-state index contributed by atoms with van der Waals surface area (Å²) in [6, 6.07) is 18.4. The Morgan fingerprint density at radius 3 is 2.50 bits per heavy atom. The maximum Gasteiger partial charge on any atom is 0.266 e. The van der Waals surface area contributed by atoms with Gasteiger partial charge in [0.25, 0.3) is 5.56 Å². The summed E-state index contributed by atoms with van der Waals surface area (Å²) in [6.45, 7) is 0. The number of benzene rings is 2. The fraction of sp³-hybridized carbons (Fsp3) is 0.0526. The second-order valence-electron chi connectivity index (χ2n) is 5.52. The highest BCUT2D eigenvalue weighted by molar-refractivity contribution is 7.98. The number of hydrogen-bond donors (Lipinski definition) is 0. The first kappa shape index (κ1) is 17.6. The van der Waals surface area contributed by atoms with Crippen LogP contribution < -0.4 is 5.56 Å². The van der Waals surface area contributed by atoms with Crippen molar-refractivity contribution in [2.45, 2.75) is 10.9 Å². The molecule has 0 saturated heterocycles. The Kier molecular flexibility index (Phi) is 5.05. The third-order valence-electron chi connectivity index (χ3n) is 3.80. The van der Waals surface area contributed by atoms with E-state index in [4.69, 9.17) is 28.2 Å². The number of thioether (sulfide) groups is 1. The molecule has 0 aliphatic heterocycles. The smallest absolute Gasteiger partial charge is 0.266 e. The molecule has 4 rings (SSSR count). The van der Waals surface area contributed by atoms with Gasteiger partial charge in [0.1, 0.15) is 0 Å². The summed E-state index contributed by atoms with van der Waals surface area (Å²) in [6.07, 6.45) is 0. The molecule has 0 spiro atoms. The second kappa shape index (κ2) is 7.45. The molecule has 130 valence electrons. The molecule has 3 nitrogen and oxygen atoms in total. The fourth-order valence-corrected chi connectivity index (χ4v) is 4.86. The highest BCUT2D eigenvalue weighted by Gasteiger charge is 2.14. The fourth-order valence-electron chi connectivity index (χ4n) is 2.59. The molecule has 0 aliphatic carbocycles. The van der Waals surface area contributed by atoms with E-state index in [1.807, 2.05) is 42.5 Å². The molecule has 26 heavy (non-hydrogen) atoms. The lowest BCUT2D eigenvalue weighted by atomic mass is 10.2. The molecular weight excluding hydrogens is 407 g/mol. The van der Waals surface area contributed by atoms with Crippen molar-refractivity contribution in [1.82, 2.24) is 9.55 Å². The van der Waals surface area contributed by atoms with Gasteiger partial charge in [-0.15, -0.1) is 11.3 Å². The van der Waals surface area contributed by atoms with Crippen molar-refractivity contribution < 1.29 is 0 Å². The molecule has 0 amide bonds. The minimum absolute atomic E-state index is 0.0929. The number of nitrogens with zero attached hydrogens (tertiary/aromatic N) is 2. The monoisotopic (exact) mass is 418 g/mol. The second-order valence-corrected chi connectivity index (χ2v) is 8.70. The van der Waals surface area contributed by atoms with Crippen molar-refractivity contribution in [2.24, 2.45) is 0 Å². The molecule has 0 aliphatic rings. The van der Waals surface area contributed by atoms with Crippen LogP contribution in [0.1, 0.15) is 4.88 Å². The summed E-state index contributed by atoms with van der Waals surface area (Å²) in [5.74, 6) is 0.690. The number of aromatic nitrogens is 2. The lowest BCUT2D eigenvalue weighted by molar-refractivity contribution is 0.820. The standard InChI is InChI=1S/C19H12Cl2N2OS2/c20-12-5-7-13(8-6-12)23-18(24)15-3-1-2-4-16(15)22-19(23)25-11-14-9-10-17(21)26-14/h1-10H,11H2. The molecule has 7 heteroatoms. The molecule has 0 N–H and O–H groups in total. The van der Waals surface area contributed by atoms with Crippen LogP contribution in [0.4, 0.5) is 0 Å². The van der Waals surface area contributed by atoms with Gasteiger partial charge < -0.3 is 0 Å². The summed E-state index contributed by atoms with van der Waals surface area (Å²) in [4.78, 5) is 19.0. The summed E-state index contributed by atoms with van der Waals surface area (Å²) in [7, 11) is 0. The quantitative estimate of drug-likeness (QED) is 0.299. The molecule has 0 fully saturated rings. The molecule has 0 bridgehead atoms. The summed E-state index contributed by atoms with van der Waals surface area (Å²) >= 11 is 15.1. The van der Waals surface area contributed by atoms with Crippen molar-refractivity contribution in [3.05, 3.63) is 85.3 Å². The zero-order valence-corrected chi connectivity index (χ0v) is 16.5. The van der Waals surface area contributed by atoms with E-state index in [0.29, 0.717) is 26.8 Å². The molecule has 2 aromatic heterocycles. The van der Waals surface area contributed by atoms with E-state index in [1.165, 1.54) is 23.1 Å². The van der Waals surface area contributed by atoms with Gasteiger partial charge in [0, 0.05) is 15.7 Å². The van der Waals surface area contributed by atoms with Gasteiger partial charge in [-0.05, 0) is 48.5 Å². The van der Waals surface area contributed by atoms with Gasteiger partial charge >= 0.3 is 0 Å². The summed E-state index contributed by atoms with van der Waals surface area (Å²) in [5, 5.41) is 1.85. The molecule has 0 saturated carbocycles. The van der Waals surface area contributed by atoms with E-state index in [0.717, 1.165) is 14.9 Å². The van der Waals surface area contributed by atoms with Crippen LogP contribution >= 0.6 is 46.3 Å². The summed E-state index contributed by atoms with van der Waals surface area (Å²) in [5.41, 5.74) is 1.34. The van der Waals surface area contributed by atoms with E-state index in [2.05, 4.69) is 0 Å². The van der Waals surface area contributed by atoms with Crippen molar-refractivity contribution >= 4 is 57.2 Å². The van der Waals surface area contributed by atoms with E-state index in [1.54, 1.807) is 22.8 Å². The van der Waals surface area contributed by atoms with Gasteiger partial charge in [-0.3, -0.25) is 9.36 Å². The van der Waals surface area contributed by atoms with Crippen LogP contribution in [0.25, 0.3) is 16.6 Å². The Morgan fingerprint density at radius 2 is 1.77 bits per heavy atom. The van der Waals surface area contributed by atoms with Crippen LogP contribution in [0, 0.1) is 0 Å². The largest absolute Gasteiger partial charge is 0.268 e. The van der Waals surface area contributed by atoms with Gasteiger partial charge in [0.2, 0.25) is 0 Å². The van der Waals surface area contributed by atoms with Crippen LogP contribution in [0.15, 0.2) is 70.6 Å². The minimum Gasteiger partial charge on any atom is -0.268 e. The zero-order valence-electron chi connectivity index (χ0n) is 13.4. The number of hydrogen-bond acceptors (Lipinski definition) is 4. The predicted molar refractivity (Wildman–Crippen MR) is 111 cm³/mol. The van der Waals surface area contributed by atoms with E-state index in [-0.39, 0.29) is 5.56 Å². The highest BCUT2D eigenvalue weighted by atomic mass is 35.5. The number of para-hydroxylation sites is 1. The van der Waals surface area contributed by atoms with E-state index in [9.17, 15) is 4.79 Å². The average Bonchev–Trinajstić information content (AvgIpc) is 3.07. The predicted octanol–water partition coefficient (Wildman–Crippen LogP) is 6.05. The number of thiophene rings is 1. The third-order valence-corrected chi connectivity index (χ3v) is 6.46. The van der Waals surface area contributed by atoms with Crippen LogP contribution in [-0.4, -0.2) is 9.55 Å².